The Labute approximate surface area is 113 Å². The van der Waals surface area contributed by atoms with Crippen LogP contribution in [0.15, 0.2) is 23.1 Å². The molecule has 94 valence electrons. The van der Waals surface area contributed by atoms with E-state index in [1.54, 1.807) is 11.8 Å². The predicted octanol–water partition coefficient (Wildman–Crippen LogP) is 3.64. The Morgan fingerprint density at radius 2 is 2.18 bits per heavy atom. The molecule has 0 unspecified atom stereocenters. The molecule has 0 fully saturated rings. The first-order valence-corrected chi connectivity index (χ1v) is 7.54. The van der Waals surface area contributed by atoms with Crippen molar-refractivity contribution in [3.63, 3.8) is 0 Å². The average Bonchev–Trinajstić information content (AvgIpc) is 2.33. The minimum atomic E-state index is 0.466. The molecule has 0 aliphatic heterocycles. The molecule has 0 saturated carbocycles. The smallest absolute Gasteiger partial charge is 0.107 e. The number of anilines is 1. The summed E-state index contributed by atoms with van der Waals surface area (Å²) in [6.45, 7) is 3.18. The van der Waals surface area contributed by atoms with Gasteiger partial charge in [0.2, 0.25) is 0 Å². The molecule has 2 nitrogen and oxygen atoms in total. The van der Waals surface area contributed by atoms with Crippen LogP contribution in [0.4, 0.5) is 5.69 Å². The third-order valence-corrected chi connectivity index (χ3v) is 3.57. The highest BCUT2D eigenvalue weighted by molar-refractivity contribution is 7.98. The van der Waals surface area contributed by atoms with E-state index in [9.17, 15) is 0 Å². The number of hydrogen-bond acceptors (Lipinski definition) is 3. The van der Waals surface area contributed by atoms with Crippen molar-refractivity contribution in [3.05, 3.63) is 23.8 Å². The summed E-state index contributed by atoms with van der Waals surface area (Å²) in [6, 6.07) is 6.13. The standard InChI is InChI=1S/C13H20N2S2/c1-3-4-5-9-15-10-7-6-8-11(17-2)12(10)13(14)16/h6-8,15H,3-5,9H2,1-2H3,(H2,14,16). The summed E-state index contributed by atoms with van der Waals surface area (Å²) < 4.78 is 0. The Balaban J connectivity index is 2.79. The van der Waals surface area contributed by atoms with E-state index in [1.165, 1.54) is 19.3 Å². The van der Waals surface area contributed by atoms with Crippen LogP contribution in [0.5, 0.6) is 0 Å². The van der Waals surface area contributed by atoms with Crippen LogP contribution >= 0.6 is 24.0 Å². The topological polar surface area (TPSA) is 38.0 Å². The Morgan fingerprint density at radius 3 is 2.76 bits per heavy atom. The quantitative estimate of drug-likeness (QED) is 0.450. The molecular weight excluding hydrogens is 248 g/mol. The Hall–Kier alpha value is -0.740. The lowest BCUT2D eigenvalue weighted by Crippen LogP contribution is -2.15. The Kier molecular flexibility index (Phi) is 6.37. The number of nitrogens with one attached hydrogen (secondary N) is 1. The SMILES string of the molecule is CCCCCNc1cccc(SC)c1C(N)=S. The molecule has 1 rings (SSSR count). The van der Waals surface area contributed by atoms with Crippen molar-refractivity contribution >= 4 is 34.7 Å². The highest BCUT2D eigenvalue weighted by atomic mass is 32.2. The number of benzene rings is 1. The lowest BCUT2D eigenvalue weighted by molar-refractivity contribution is 0.743. The first-order valence-electron chi connectivity index (χ1n) is 5.91. The fraction of sp³-hybridized carbons (Fsp3) is 0.462. The molecule has 0 spiro atoms. The maximum absolute atomic E-state index is 5.80. The van der Waals surface area contributed by atoms with Gasteiger partial charge in [-0.05, 0) is 24.8 Å². The van der Waals surface area contributed by atoms with Gasteiger partial charge in [-0.1, -0.05) is 38.0 Å². The van der Waals surface area contributed by atoms with E-state index >= 15 is 0 Å². The monoisotopic (exact) mass is 268 g/mol. The molecule has 0 bridgehead atoms. The van der Waals surface area contributed by atoms with E-state index in [4.69, 9.17) is 18.0 Å². The molecule has 3 N–H and O–H groups in total. The van der Waals surface area contributed by atoms with Crippen LogP contribution in [0.2, 0.25) is 0 Å². The van der Waals surface area contributed by atoms with E-state index in [2.05, 4.69) is 18.3 Å². The van der Waals surface area contributed by atoms with Gasteiger partial charge in [0.1, 0.15) is 4.99 Å². The minimum absolute atomic E-state index is 0.466. The molecular formula is C13H20N2S2. The van der Waals surface area contributed by atoms with E-state index in [-0.39, 0.29) is 0 Å². The van der Waals surface area contributed by atoms with E-state index in [0.717, 1.165) is 22.7 Å². The van der Waals surface area contributed by atoms with Crippen molar-refractivity contribution in [2.75, 3.05) is 18.1 Å². The van der Waals surface area contributed by atoms with Crippen molar-refractivity contribution in [2.45, 2.75) is 31.1 Å². The highest BCUT2D eigenvalue weighted by Gasteiger charge is 2.09. The van der Waals surface area contributed by atoms with Gasteiger partial charge in [0.15, 0.2) is 0 Å². The maximum atomic E-state index is 5.80. The molecule has 1 aromatic carbocycles. The van der Waals surface area contributed by atoms with Crippen LogP contribution in [-0.4, -0.2) is 17.8 Å². The van der Waals surface area contributed by atoms with Crippen LogP contribution in [0.3, 0.4) is 0 Å². The Morgan fingerprint density at radius 1 is 1.41 bits per heavy atom. The fourth-order valence-corrected chi connectivity index (χ4v) is 2.62. The van der Waals surface area contributed by atoms with Gasteiger partial charge in [-0.15, -0.1) is 11.8 Å². The molecule has 0 heterocycles. The third kappa shape index (κ3) is 4.21. The lowest BCUT2D eigenvalue weighted by atomic mass is 10.1. The van der Waals surface area contributed by atoms with Crippen molar-refractivity contribution in [1.82, 2.24) is 0 Å². The number of unbranched alkanes of at least 4 members (excludes halogenated alkanes) is 2. The molecule has 0 saturated heterocycles. The van der Waals surface area contributed by atoms with Gasteiger partial charge in [0, 0.05) is 22.7 Å². The van der Waals surface area contributed by atoms with Gasteiger partial charge in [-0.25, -0.2) is 0 Å². The largest absolute Gasteiger partial charge is 0.389 e. The predicted molar refractivity (Wildman–Crippen MR) is 82.1 cm³/mol. The van der Waals surface area contributed by atoms with Crippen LogP contribution in [0, 0.1) is 0 Å². The average molecular weight is 268 g/mol. The summed E-state index contributed by atoms with van der Waals surface area (Å²) in [5, 5.41) is 3.42. The summed E-state index contributed by atoms with van der Waals surface area (Å²) >= 11 is 6.80. The molecule has 0 radical (unpaired) electrons. The first-order chi connectivity index (χ1) is 8.20. The van der Waals surface area contributed by atoms with Gasteiger partial charge in [-0.3, -0.25) is 0 Å². The molecule has 0 atom stereocenters. The molecule has 4 heteroatoms. The van der Waals surface area contributed by atoms with Crippen molar-refractivity contribution < 1.29 is 0 Å². The summed E-state index contributed by atoms with van der Waals surface area (Å²) in [5.74, 6) is 0. The van der Waals surface area contributed by atoms with Crippen LogP contribution < -0.4 is 11.1 Å². The number of rotatable bonds is 7. The van der Waals surface area contributed by atoms with Gasteiger partial charge >= 0.3 is 0 Å². The summed E-state index contributed by atoms with van der Waals surface area (Å²) in [5.41, 5.74) is 7.83. The zero-order valence-corrected chi connectivity index (χ0v) is 12.1. The molecule has 0 amide bonds. The summed E-state index contributed by atoms with van der Waals surface area (Å²) in [4.78, 5) is 1.60. The van der Waals surface area contributed by atoms with E-state index in [0.29, 0.717) is 4.99 Å². The molecule has 0 aliphatic rings. The van der Waals surface area contributed by atoms with Gasteiger partial charge in [-0.2, -0.15) is 0 Å². The number of thiocarbonyl (C=S) groups is 1. The van der Waals surface area contributed by atoms with Crippen molar-refractivity contribution in [2.24, 2.45) is 5.73 Å². The zero-order chi connectivity index (χ0) is 12.7. The summed E-state index contributed by atoms with van der Waals surface area (Å²) in [6.07, 6.45) is 5.70. The van der Waals surface area contributed by atoms with Crippen molar-refractivity contribution in [3.8, 4) is 0 Å². The molecule has 17 heavy (non-hydrogen) atoms. The molecule has 1 aromatic rings. The number of hydrogen-bond donors (Lipinski definition) is 2. The van der Waals surface area contributed by atoms with Crippen LogP contribution in [0.1, 0.15) is 31.7 Å². The highest BCUT2D eigenvalue weighted by Crippen LogP contribution is 2.27. The molecule has 0 aliphatic carbocycles. The van der Waals surface area contributed by atoms with E-state index < -0.39 is 0 Å². The second kappa shape index (κ2) is 7.56. The third-order valence-electron chi connectivity index (χ3n) is 2.59. The van der Waals surface area contributed by atoms with E-state index in [1.807, 2.05) is 18.4 Å². The lowest BCUT2D eigenvalue weighted by Gasteiger charge is -2.14. The Bertz CT molecular complexity index is 378. The first kappa shape index (κ1) is 14.3. The zero-order valence-electron chi connectivity index (χ0n) is 10.5. The fourth-order valence-electron chi connectivity index (χ4n) is 1.70. The number of nitrogens with two attached hydrogens (primary N) is 1. The summed E-state index contributed by atoms with van der Waals surface area (Å²) in [7, 11) is 0. The second-order valence-electron chi connectivity index (χ2n) is 3.88. The van der Waals surface area contributed by atoms with Crippen LogP contribution in [0.25, 0.3) is 0 Å². The maximum Gasteiger partial charge on any atom is 0.107 e. The van der Waals surface area contributed by atoms with Crippen molar-refractivity contribution in [1.29, 1.82) is 0 Å². The number of thioether (sulfide) groups is 1. The van der Waals surface area contributed by atoms with Gasteiger partial charge in [0.25, 0.3) is 0 Å². The van der Waals surface area contributed by atoms with Gasteiger partial charge in [0.05, 0.1) is 0 Å². The normalized spacial score (nSPS) is 10.2. The molecule has 0 aromatic heterocycles. The van der Waals surface area contributed by atoms with Crippen LogP contribution in [-0.2, 0) is 0 Å². The minimum Gasteiger partial charge on any atom is -0.389 e. The second-order valence-corrected chi connectivity index (χ2v) is 5.17. The van der Waals surface area contributed by atoms with Gasteiger partial charge < -0.3 is 11.1 Å².